The average molecular weight is 334 g/mol. The maximum atomic E-state index is 12.6. The molecule has 3 rings (SSSR count). The second-order valence-electron chi connectivity index (χ2n) is 6.16. The second-order valence-corrected chi connectivity index (χ2v) is 6.16. The monoisotopic (exact) mass is 334 g/mol. The first-order chi connectivity index (χ1) is 11.6. The highest BCUT2D eigenvalue weighted by Gasteiger charge is 2.26. The second kappa shape index (κ2) is 7.14. The Morgan fingerprint density at radius 1 is 1.12 bits per heavy atom. The van der Waals surface area contributed by atoms with E-state index < -0.39 is 4.92 Å². The first-order valence-electron chi connectivity index (χ1n) is 8.15. The van der Waals surface area contributed by atoms with Crippen LogP contribution in [-0.2, 0) is 4.74 Å². The fourth-order valence-electron chi connectivity index (χ4n) is 3.07. The number of amides is 1. The summed E-state index contributed by atoms with van der Waals surface area (Å²) >= 11 is 0. The lowest BCUT2D eigenvalue weighted by atomic mass is 10.1. The molecule has 0 N–H and O–H groups in total. The van der Waals surface area contributed by atoms with E-state index in [1.54, 1.807) is 17.0 Å². The fourth-order valence-corrected chi connectivity index (χ4v) is 3.07. The molecular weight excluding hydrogens is 312 g/mol. The molecule has 0 spiro atoms. The SMILES string of the molecule is CN1CCN(C(=O)c2ccc(N3CCOCC3)c([N+](=O)[O-])c2)CC1. The van der Waals surface area contributed by atoms with Gasteiger partial charge in [0.15, 0.2) is 0 Å². The normalized spacial score (nSPS) is 19.4. The van der Waals surface area contributed by atoms with Gasteiger partial charge in [-0.25, -0.2) is 0 Å². The minimum atomic E-state index is -0.411. The molecule has 8 heteroatoms. The van der Waals surface area contributed by atoms with Crippen molar-refractivity contribution >= 4 is 17.3 Å². The molecule has 2 heterocycles. The predicted molar refractivity (Wildman–Crippen MR) is 89.5 cm³/mol. The number of likely N-dealkylation sites (N-methyl/N-ethyl adjacent to an activating group) is 1. The van der Waals surface area contributed by atoms with Gasteiger partial charge < -0.3 is 19.4 Å². The molecule has 2 aliphatic rings. The summed E-state index contributed by atoms with van der Waals surface area (Å²) in [6.45, 7) is 5.28. The Hall–Kier alpha value is -2.19. The zero-order valence-corrected chi connectivity index (χ0v) is 13.8. The zero-order valence-electron chi connectivity index (χ0n) is 13.8. The van der Waals surface area contributed by atoms with Crippen LogP contribution in [-0.4, -0.2) is 80.2 Å². The van der Waals surface area contributed by atoms with Gasteiger partial charge in [0.2, 0.25) is 0 Å². The van der Waals surface area contributed by atoms with Crippen LogP contribution in [0.25, 0.3) is 0 Å². The van der Waals surface area contributed by atoms with E-state index in [-0.39, 0.29) is 11.6 Å². The molecule has 0 atom stereocenters. The number of anilines is 1. The van der Waals surface area contributed by atoms with E-state index in [1.165, 1.54) is 6.07 Å². The van der Waals surface area contributed by atoms with Crippen molar-refractivity contribution in [1.82, 2.24) is 9.80 Å². The molecule has 130 valence electrons. The van der Waals surface area contributed by atoms with Gasteiger partial charge >= 0.3 is 0 Å². The molecule has 2 saturated heterocycles. The van der Waals surface area contributed by atoms with Crippen molar-refractivity contribution in [3.63, 3.8) is 0 Å². The number of benzene rings is 1. The number of nitro groups is 1. The Balaban J connectivity index is 1.83. The molecule has 0 aliphatic carbocycles. The molecule has 1 aromatic rings. The minimum absolute atomic E-state index is 0.0168. The summed E-state index contributed by atoms with van der Waals surface area (Å²) < 4.78 is 5.30. The number of ether oxygens (including phenoxy) is 1. The van der Waals surface area contributed by atoms with Crippen molar-refractivity contribution in [2.24, 2.45) is 0 Å². The van der Waals surface area contributed by atoms with Crippen LogP contribution in [0.4, 0.5) is 11.4 Å². The molecule has 0 radical (unpaired) electrons. The standard InChI is InChI=1S/C16H22N4O4/c1-17-4-6-19(7-5-17)16(21)13-2-3-14(15(12-13)20(22)23)18-8-10-24-11-9-18/h2-3,12H,4-11H2,1H3. The molecule has 0 bridgehead atoms. The van der Waals surface area contributed by atoms with Crippen molar-refractivity contribution < 1.29 is 14.5 Å². The number of rotatable bonds is 3. The van der Waals surface area contributed by atoms with E-state index in [2.05, 4.69) is 4.90 Å². The van der Waals surface area contributed by atoms with Gasteiger partial charge in [-0.1, -0.05) is 0 Å². The average Bonchev–Trinajstić information content (AvgIpc) is 2.62. The van der Waals surface area contributed by atoms with E-state index in [0.717, 1.165) is 13.1 Å². The number of hydrogen-bond acceptors (Lipinski definition) is 6. The lowest BCUT2D eigenvalue weighted by Crippen LogP contribution is -2.47. The van der Waals surface area contributed by atoms with E-state index in [0.29, 0.717) is 50.6 Å². The number of nitro benzene ring substituents is 1. The van der Waals surface area contributed by atoms with Crippen LogP contribution in [0.5, 0.6) is 0 Å². The Bertz CT molecular complexity index is 623. The van der Waals surface area contributed by atoms with Gasteiger partial charge in [-0.05, 0) is 19.2 Å². The van der Waals surface area contributed by atoms with E-state index >= 15 is 0 Å². The van der Waals surface area contributed by atoms with E-state index in [1.807, 2.05) is 11.9 Å². The van der Waals surface area contributed by atoms with Crippen LogP contribution in [0.15, 0.2) is 18.2 Å². The highest BCUT2D eigenvalue weighted by atomic mass is 16.6. The number of piperazine rings is 1. The Morgan fingerprint density at radius 2 is 1.79 bits per heavy atom. The van der Waals surface area contributed by atoms with Gasteiger partial charge in [0.25, 0.3) is 11.6 Å². The van der Waals surface area contributed by atoms with Gasteiger partial charge in [0, 0.05) is 50.9 Å². The van der Waals surface area contributed by atoms with Crippen molar-refractivity contribution in [3.8, 4) is 0 Å². The lowest BCUT2D eigenvalue weighted by molar-refractivity contribution is -0.384. The smallest absolute Gasteiger partial charge is 0.293 e. The minimum Gasteiger partial charge on any atom is -0.378 e. The van der Waals surface area contributed by atoms with Crippen molar-refractivity contribution in [2.75, 3.05) is 64.4 Å². The number of nitrogens with zero attached hydrogens (tertiary/aromatic N) is 4. The first-order valence-corrected chi connectivity index (χ1v) is 8.15. The van der Waals surface area contributed by atoms with Crippen molar-refractivity contribution in [2.45, 2.75) is 0 Å². The van der Waals surface area contributed by atoms with E-state index in [9.17, 15) is 14.9 Å². The number of carbonyl (C=O) groups excluding carboxylic acids is 1. The lowest BCUT2D eigenvalue weighted by Gasteiger charge is -2.32. The topological polar surface area (TPSA) is 79.2 Å². The summed E-state index contributed by atoms with van der Waals surface area (Å²) in [4.78, 5) is 29.5. The summed E-state index contributed by atoms with van der Waals surface area (Å²) in [5.41, 5.74) is 0.915. The van der Waals surface area contributed by atoms with Gasteiger partial charge in [-0.15, -0.1) is 0 Å². The zero-order chi connectivity index (χ0) is 17.1. The third-order valence-corrected chi connectivity index (χ3v) is 4.56. The fraction of sp³-hybridized carbons (Fsp3) is 0.562. The molecule has 0 unspecified atom stereocenters. The molecule has 1 aromatic carbocycles. The van der Waals surface area contributed by atoms with Crippen molar-refractivity contribution in [1.29, 1.82) is 0 Å². The van der Waals surface area contributed by atoms with Crippen molar-refractivity contribution in [3.05, 3.63) is 33.9 Å². The van der Waals surface area contributed by atoms with Crippen LogP contribution < -0.4 is 4.90 Å². The first kappa shape index (κ1) is 16.7. The Morgan fingerprint density at radius 3 is 2.42 bits per heavy atom. The summed E-state index contributed by atoms with van der Waals surface area (Å²) in [6.07, 6.45) is 0. The molecule has 0 aromatic heterocycles. The van der Waals surface area contributed by atoms with Crippen LogP contribution in [0.3, 0.4) is 0 Å². The molecular formula is C16H22N4O4. The number of hydrogen-bond donors (Lipinski definition) is 0. The Kier molecular flexibility index (Phi) is 4.96. The molecule has 24 heavy (non-hydrogen) atoms. The highest BCUT2D eigenvalue weighted by Crippen LogP contribution is 2.30. The largest absolute Gasteiger partial charge is 0.378 e. The predicted octanol–water partition coefficient (Wildman–Crippen LogP) is 0.819. The highest BCUT2D eigenvalue weighted by molar-refractivity contribution is 5.96. The summed E-state index contributed by atoms with van der Waals surface area (Å²) in [5.74, 6) is -0.139. The van der Waals surface area contributed by atoms with Gasteiger partial charge in [-0.2, -0.15) is 0 Å². The van der Waals surface area contributed by atoms with Crippen LogP contribution in [0.1, 0.15) is 10.4 Å². The molecule has 1 amide bonds. The number of morpholine rings is 1. The summed E-state index contributed by atoms with van der Waals surface area (Å²) in [7, 11) is 2.02. The van der Waals surface area contributed by atoms with Gasteiger partial charge in [0.05, 0.1) is 18.1 Å². The van der Waals surface area contributed by atoms with Crippen LogP contribution >= 0.6 is 0 Å². The summed E-state index contributed by atoms with van der Waals surface area (Å²) in [5, 5.41) is 11.5. The molecule has 2 aliphatic heterocycles. The quantitative estimate of drug-likeness (QED) is 0.601. The molecule has 2 fully saturated rings. The van der Waals surface area contributed by atoms with Crippen LogP contribution in [0, 0.1) is 10.1 Å². The van der Waals surface area contributed by atoms with E-state index in [4.69, 9.17) is 4.74 Å². The maximum absolute atomic E-state index is 12.6. The third-order valence-electron chi connectivity index (χ3n) is 4.56. The third kappa shape index (κ3) is 3.49. The Labute approximate surface area is 140 Å². The molecule has 8 nitrogen and oxygen atoms in total. The summed E-state index contributed by atoms with van der Waals surface area (Å²) in [6, 6.07) is 4.79. The van der Waals surface area contributed by atoms with Gasteiger partial charge in [0.1, 0.15) is 5.69 Å². The number of carbonyl (C=O) groups is 1. The molecule has 0 saturated carbocycles. The van der Waals surface area contributed by atoms with Gasteiger partial charge in [-0.3, -0.25) is 14.9 Å². The van der Waals surface area contributed by atoms with Crippen LogP contribution in [0.2, 0.25) is 0 Å². The maximum Gasteiger partial charge on any atom is 0.293 e.